The lowest BCUT2D eigenvalue weighted by Crippen LogP contribution is -2.40. The summed E-state index contributed by atoms with van der Waals surface area (Å²) in [7, 11) is 0. The van der Waals surface area contributed by atoms with E-state index >= 15 is 4.39 Å². The largest absolute Gasteiger partial charge is 0.394 e. The van der Waals surface area contributed by atoms with Gasteiger partial charge < -0.3 is 34.1 Å². The van der Waals surface area contributed by atoms with Gasteiger partial charge in [0.25, 0.3) is 11.2 Å². The van der Waals surface area contributed by atoms with Crippen LogP contribution in [0.4, 0.5) is 15.9 Å². The van der Waals surface area contributed by atoms with Crippen molar-refractivity contribution in [2.24, 2.45) is 11.8 Å². The Morgan fingerprint density at radius 2 is 1.89 bits per heavy atom. The molecule has 2 fully saturated rings. The molecule has 2 aliphatic rings. The van der Waals surface area contributed by atoms with Crippen molar-refractivity contribution in [2.75, 3.05) is 18.9 Å². The average Bonchev–Trinajstić information content (AvgIpc) is 3.93. The maximum Gasteiger partial charge on any atom is 0.325 e. The normalized spacial score (nSPS) is 25.4. The molecule has 1 saturated heterocycles. The van der Waals surface area contributed by atoms with E-state index in [1.165, 1.54) is 33.8 Å². The number of anilines is 1. The van der Waals surface area contributed by atoms with Gasteiger partial charge in [-0.05, 0) is 42.0 Å². The van der Waals surface area contributed by atoms with Gasteiger partial charge >= 0.3 is 6.72 Å². The Morgan fingerprint density at radius 1 is 1.13 bits per heavy atom. The Labute approximate surface area is 309 Å². The maximum atomic E-state index is 15.9. The number of halogens is 1. The quantitative estimate of drug-likeness (QED) is 0.0867. The molecule has 6 heterocycles. The SMILES string of the molecule is CC[C@@H]1[C@@H](COP(O)(=S)O[C@@H]2[C@H](F)[C@@H](CO)O[C@H]2n2cnc3c(=O)n4ccn(CCc5ccc([N+](=O)[O-])cc5)c4nc32)C[C@H]1n1cnc2c(N)ncnc21. The summed E-state index contributed by atoms with van der Waals surface area (Å²) in [5, 5.41) is 21.0. The molecule has 1 saturated carbocycles. The Bertz CT molecular complexity index is 2470. The Balaban J connectivity index is 1.000. The number of hydrogen-bond donors (Lipinski definition) is 3. The number of aryl methyl sites for hydroxylation is 2. The number of imidazole rings is 3. The fraction of sp³-hybridized carbons (Fsp3) is 0.438. The second-order valence-corrected chi connectivity index (χ2v) is 16.1. The summed E-state index contributed by atoms with van der Waals surface area (Å²) in [5.41, 5.74) is 7.45. The molecular weight excluding hydrogens is 748 g/mol. The molecule has 6 aromatic rings. The zero-order valence-electron chi connectivity index (χ0n) is 28.6. The first-order valence-electron chi connectivity index (χ1n) is 17.1. The third-order valence-corrected chi connectivity index (χ3v) is 11.9. The number of rotatable bonds is 13. The number of fused-ring (bicyclic) bond motifs is 3. The number of aliphatic hydroxyl groups excluding tert-OH is 1. The third kappa shape index (κ3) is 6.34. The van der Waals surface area contributed by atoms with Crippen LogP contribution in [-0.4, -0.2) is 89.5 Å². The number of nitro benzene ring substituents is 1. The van der Waals surface area contributed by atoms with Crippen LogP contribution in [0.15, 0.2) is 60.4 Å². The highest BCUT2D eigenvalue weighted by Crippen LogP contribution is 2.53. The molecule has 1 unspecified atom stereocenters. The van der Waals surface area contributed by atoms with E-state index in [4.69, 9.17) is 36.3 Å². The zero-order valence-corrected chi connectivity index (χ0v) is 30.3. The van der Waals surface area contributed by atoms with E-state index in [1.54, 1.807) is 35.4 Å². The van der Waals surface area contributed by atoms with Gasteiger partial charge in [-0.1, -0.05) is 25.5 Å². The van der Waals surface area contributed by atoms with Crippen LogP contribution in [0.5, 0.6) is 0 Å². The molecule has 1 aromatic carbocycles. The number of nitrogens with two attached hydrogens (primary N) is 1. The molecule has 5 aromatic heterocycles. The number of ether oxygens (including phenoxy) is 1. The van der Waals surface area contributed by atoms with Crippen molar-refractivity contribution in [2.45, 2.75) is 63.4 Å². The molecule has 0 bridgehead atoms. The zero-order chi connectivity index (χ0) is 37.9. The Hall–Kier alpha value is -4.76. The van der Waals surface area contributed by atoms with E-state index in [2.05, 4.69) is 19.9 Å². The van der Waals surface area contributed by atoms with E-state index < -0.39 is 48.4 Å². The maximum absolute atomic E-state index is 15.9. The average molecular weight is 784 g/mol. The van der Waals surface area contributed by atoms with Crippen LogP contribution in [0, 0.1) is 22.0 Å². The smallest absolute Gasteiger partial charge is 0.325 e. The second kappa shape index (κ2) is 14.1. The van der Waals surface area contributed by atoms with Crippen LogP contribution in [-0.2, 0) is 38.6 Å². The third-order valence-electron chi connectivity index (χ3n) is 10.3. The van der Waals surface area contributed by atoms with Crippen LogP contribution in [0.1, 0.15) is 37.6 Å². The number of nitrogens with zero attached hydrogens (tertiary/aromatic N) is 10. The van der Waals surface area contributed by atoms with Gasteiger partial charge in [0, 0.05) is 37.1 Å². The van der Waals surface area contributed by atoms with E-state index in [1.807, 2.05) is 11.5 Å². The summed E-state index contributed by atoms with van der Waals surface area (Å²) in [4.78, 5) is 57.0. The van der Waals surface area contributed by atoms with Crippen LogP contribution < -0.4 is 11.3 Å². The van der Waals surface area contributed by atoms with Crippen molar-refractivity contribution >= 4 is 58.1 Å². The van der Waals surface area contributed by atoms with E-state index in [0.717, 1.165) is 12.0 Å². The number of nitrogen functional groups attached to an aromatic ring is 1. The summed E-state index contributed by atoms with van der Waals surface area (Å²) in [6.45, 7) is -2.33. The molecule has 1 aliphatic carbocycles. The summed E-state index contributed by atoms with van der Waals surface area (Å²) >= 11 is 5.38. The van der Waals surface area contributed by atoms with Gasteiger partial charge in [0.15, 0.2) is 35.0 Å². The summed E-state index contributed by atoms with van der Waals surface area (Å²) < 4.78 is 39.7. The van der Waals surface area contributed by atoms with Crippen LogP contribution in [0.3, 0.4) is 0 Å². The molecule has 8 atom stereocenters. The summed E-state index contributed by atoms with van der Waals surface area (Å²) in [6, 6.07) is 6.21. The minimum atomic E-state index is -4.09. The van der Waals surface area contributed by atoms with Gasteiger partial charge in [0.1, 0.15) is 24.1 Å². The summed E-state index contributed by atoms with van der Waals surface area (Å²) in [5.74, 6) is 0.656. The van der Waals surface area contributed by atoms with Gasteiger partial charge in [0.2, 0.25) is 5.78 Å². The molecule has 0 amide bonds. The monoisotopic (exact) mass is 783 g/mol. The first-order valence-corrected chi connectivity index (χ1v) is 19.7. The van der Waals surface area contributed by atoms with E-state index in [0.29, 0.717) is 36.4 Å². The minimum Gasteiger partial charge on any atom is -0.394 e. The lowest BCUT2D eigenvalue weighted by molar-refractivity contribution is -0.384. The molecule has 1 aliphatic heterocycles. The van der Waals surface area contributed by atoms with Crippen molar-refractivity contribution in [3.63, 3.8) is 0 Å². The van der Waals surface area contributed by atoms with Gasteiger partial charge in [-0.25, -0.2) is 28.7 Å². The lowest BCUT2D eigenvalue weighted by atomic mass is 9.68. The highest BCUT2D eigenvalue weighted by molar-refractivity contribution is 8.07. The fourth-order valence-corrected chi connectivity index (χ4v) is 8.92. The molecule has 4 N–H and O–H groups in total. The molecule has 8 rings (SSSR count). The molecule has 22 heteroatoms. The van der Waals surface area contributed by atoms with Gasteiger partial charge in [0.05, 0.1) is 30.8 Å². The first kappa shape index (κ1) is 36.2. The topological polar surface area (TPSA) is 238 Å². The number of aliphatic hydroxyl groups is 1. The molecular formula is C32H35FN11O8PS. The minimum absolute atomic E-state index is 0.00877. The molecule has 0 spiro atoms. The highest BCUT2D eigenvalue weighted by Gasteiger charge is 2.50. The van der Waals surface area contributed by atoms with E-state index in [-0.39, 0.29) is 47.1 Å². The van der Waals surface area contributed by atoms with Crippen molar-refractivity contribution in [1.82, 2.24) is 43.0 Å². The van der Waals surface area contributed by atoms with Gasteiger partial charge in [-0.15, -0.1) is 0 Å². The lowest BCUT2D eigenvalue weighted by Gasteiger charge is -2.45. The first-order chi connectivity index (χ1) is 26.0. The number of non-ortho nitro benzene ring substituents is 1. The van der Waals surface area contributed by atoms with Crippen LogP contribution >= 0.6 is 6.72 Å². The van der Waals surface area contributed by atoms with Gasteiger partial charge in [-0.3, -0.25) is 24.0 Å². The summed E-state index contributed by atoms with van der Waals surface area (Å²) in [6.07, 6.45) is 3.31. The number of nitro groups is 1. The van der Waals surface area contributed by atoms with Crippen LogP contribution in [0.25, 0.3) is 28.1 Å². The van der Waals surface area contributed by atoms with E-state index in [9.17, 15) is 24.9 Å². The fourth-order valence-electron chi connectivity index (χ4n) is 7.48. The number of hydrogen-bond acceptors (Lipinski definition) is 14. The number of benzene rings is 1. The molecule has 284 valence electrons. The van der Waals surface area contributed by atoms with Crippen molar-refractivity contribution in [3.8, 4) is 0 Å². The Morgan fingerprint density at radius 3 is 2.63 bits per heavy atom. The number of aromatic nitrogens is 9. The predicted octanol–water partition coefficient (Wildman–Crippen LogP) is 2.85. The second-order valence-electron chi connectivity index (χ2n) is 13.3. The molecule has 54 heavy (non-hydrogen) atoms. The molecule has 19 nitrogen and oxygen atoms in total. The van der Waals surface area contributed by atoms with Crippen molar-refractivity contribution in [3.05, 3.63) is 81.7 Å². The predicted molar refractivity (Wildman–Crippen MR) is 193 cm³/mol. The van der Waals surface area contributed by atoms with Gasteiger partial charge in [-0.2, -0.15) is 4.98 Å². The standard InChI is InChI=1S/C32H35FN11O8PS/c1-2-20-18(11-21(20)42-15-37-24-27(34)35-14-36-28(24)42)13-50-53(49,54)52-26-23(33)22(12-45)51-31(26)43-16-38-25-29(43)39-32-40(9-10-41(32)30(25)46)8-7-17-3-5-19(6-4-17)44(47)48/h3-6,9-10,14-16,18,20-23,26,31,45H,2,7-8,11-13H2,1H3,(H,49,54)(H2,34,35,36)/t18-,20-,21-,22-,23-,26-,31-,53?/m1/s1. The van der Waals surface area contributed by atoms with Crippen LogP contribution in [0.2, 0.25) is 0 Å². The number of alkyl halides is 1. The van der Waals surface area contributed by atoms with Crippen molar-refractivity contribution in [1.29, 1.82) is 0 Å². The Kier molecular flexibility index (Phi) is 9.49. The highest BCUT2D eigenvalue weighted by atomic mass is 32.5. The van der Waals surface area contributed by atoms with Crippen molar-refractivity contribution < 1.29 is 33.1 Å². The molecule has 0 radical (unpaired) electrons.